The van der Waals surface area contributed by atoms with Crippen LogP contribution in [0.5, 0.6) is 0 Å². The van der Waals surface area contributed by atoms with Crippen LogP contribution in [0.2, 0.25) is 0 Å². The van der Waals surface area contributed by atoms with Gasteiger partial charge in [-0.05, 0) is 33.1 Å². The van der Waals surface area contributed by atoms with Gasteiger partial charge in [-0.25, -0.2) is 0 Å². The number of aromatic nitrogens is 1. The highest BCUT2D eigenvalue weighted by atomic mass is 16.5. The molecule has 0 saturated carbocycles. The Bertz CT molecular complexity index is 612. The van der Waals surface area contributed by atoms with Crippen molar-refractivity contribution < 1.29 is 18.8 Å². The van der Waals surface area contributed by atoms with Gasteiger partial charge in [0.25, 0.3) is 5.91 Å². The minimum absolute atomic E-state index is 0.0306. The molecule has 2 fully saturated rings. The zero-order valence-corrected chi connectivity index (χ0v) is 14.8. The Balaban J connectivity index is 1.67. The van der Waals surface area contributed by atoms with E-state index < -0.39 is 0 Å². The fourth-order valence-corrected chi connectivity index (χ4v) is 3.67. The minimum Gasteiger partial charge on any atom is -0.381 e. The number of hydrogen-bond donors (Lipinski definition) is 2. The van der Waals surface area contributed by atoms with Crippen molar-refractivity contribution in [1.29, 1.82) is 0 Å². The Labute approximate surface area is 147 Å². The standard InChI is InChI=1S/C17H26N4O4/c1-3-18-17(23)15-9-12(10-21(15)13-4-6-24-7-5-13)19-16(22)14-8-11(2)25-20-14/h8,12-13,15H,3-7,9-10H2,1-2H3,(H,18,23)(H,19,22). The molecule has 0 bridgehead atoms. The normalized spacial score (nSPS) is 25.0. The molecular formula is C17H26N4O4. The van der Waals surface area contributed by atoms with Gasteiger partial charge in [0.05, 0.1) is 6.04 Å². The summed E-state index contributed by atoms with van der Waals surface area (Å²) in [6.07, 6.45) is 2.43. The lowest BCUT2D eigenvalue weighted by molar-refractivity contribution is -0.126. The maximum atomic E-state index is 12.5. The SMILES string of the molecule is CCNC(=O)C1CC(NC(=O)c2cc(C)on2)CN1C1CCOCC1. The van der Waals surface area contributed by atoms with Crippen LogP contribution in [-0.2, 0) is 9.53 Å². The van der Waals surface area contributed by atoms with E-state index >= 15 is 0 Å². The molecule has 2 unspecified atom stereocenters. The van der Waals surface area contributed by atoms with E-state index in [0.29, 0.717) is 31.3 Å². The number of hydrogen-bond acceptors (Lipinski definition) is 6. The molecule has 2 amide bonds. The van der Waals surface area contributed by atoms with Crippen molar-refractivity contribution in [3.05, 3.63) is 17.5 Å². The molecule has 138 valence electrons. The monoisotopic (exact) mass is 350 g/mol. The molecule has 8 nitrogen and oxygen atoms in total. The summed E-state index contributed by atoms with van der Waals surface area (Å²) in [6, 6.07) is 1.63. The molecule has 0 aliphatic carbocycles. The summed E-state index contributed by atoms with van der Waals surface area (Å²) in [5.74, 6) is 0.369. The van der Waals surface area contributed by atoms with E-state index in [9.17, 15) is 9.59 Å². The number of likely N-dealkylation sites (N-methyl/N-ethyl adjacent to an activating group) is 1. The van der Waals surface area contributed by atoms with Gasteiger partial charge < -0.3 is 19.9 Å². The molecule has 2 aliphatic rings. The number of rotatable bonds is 5. The second kappa shape index (κ2) is 7.97. The fourth-order valence-electron chi connectivity index (χ4n) is 3.67. The van der Waals surface area contributed by atoms with E-state index in [1.807, 2.05) is 6.92 Å². The molecule has 3 heterocycles. The first-order chi connectivity index (χ1) is 12.1. The zero-order chi connectivity index (χ0) is 17.8. The van der Waals surface area contributed by atoms with Gasteiger partial charge in [-0.2, -0.15) is 0 Å². The van der Waals surface area contributed by atoms with Crippen molar-refractivity contribution in [2.75, 3.05) is 26.3 Å². The van der Waals surface area contributed by atoms with Crippen molar-refractivity contribution in [2.24, 2.45) is 0 Å². The van der Waals surface area contributed by atoms with Gasteiger partial charge >= 0.3 is 0 Å². The average Bonchev–Trinajstić information content (AvgIpc) is 3.22. The average molecular weight is 350 g/mol. The van der Waals surface area contributed by atoms with E-state index in [2.05, 4.69) is 20.7 Å². The Hall–Kier alpha value is -1.93. The summed E-state index contributed by atoms with van der Waals surface area (Å²) in [5.41, 5.74) is 0.275. The van der Waals surface area contributed by atoms with Gasteiger partial charge in [0, 0.05) is 44.5 Å². The first-order valence-corrected chi connectivity index (χ1v) is 8.94. The number of carbonyl (C=O) groups is 2. The molecule has 0 spiro atoms. The number of carbonyl (C=O) groups excluding carboxylic acids is 2. The smallest absolute Gasteiger partial charge is 0.273 e. The maximum absolute atomic E-state index is 12.5. The van der Waals surface area contributed by atoms with Crippen LogP contribution in [0.25, 0.3) is 0 Å². The van der Waals surface area contributed by atoms with E-state index in [4.69, 9.17) is 9.26 Å². The van der Waals surface area contributed by atoms with Crippen LogP contribution in [-0.4, -0.2) is 66.3 Å². The first kappa shape index (κ1) is 17.9. The van der Waals surface area contributed by atoms with Gasteiger partial charge in [0.15, 0.2) is 5.69 Å². The second-order valence-corrected chi connectivity index (χ2v) is 6.68. The third-order valence-electron chi connectivity index (χ3n) is 4.85. The van der Waals surface area contributed by atoms with E-state index in [1.165, 1.54) is 0 Å². The predicted octanol–water partition coefficient (Wildman–Crippen LogP) is 0.471. The third-order valence-corrected chi connectivity index (χ3v) is 4.85. The van der Waals surface area contributed by atoms with Crippen LogP contribution in [0.1, 0.15) is 42.4 Å². The number of amides is 2. The van der Waals surface area contributed by atoms with Crippen molar-refractivity contribution >= 4 is 11.8 Å². The number of nitrogens with one attached hydrogen (secondary N) is 2. The first-order valence-electron chi connectivity index (χ1n) is 8.94. The summed E-state index contributed by atoms with van der Waals surface area (Å²) in [6.45, 7) is 6.37. The highest BCUT2D eigenvalue weighted by Crippen LogP contribution is 2.26. The zero-order valence-electron chi connectivity index (χ0n) is 14.8. The molecule has 1 aromatic rings. The van der Waals surface area contributed by atoms with E-state index in [1.54, 1.807) is 13.0 Å². The summed E-state index contributed by atoms with van der Waals surface area (Å²) in [4.78, 5) is 27.0. The molecule has 2 aliphatic heterocycles. The number of likely N-dealkylation sites (tertiary alicyclic amines) is 1. The summed E-state index contributed by atoms with van der Waals surface area (Å²) in [5, 5.41) is 9.66. The van der Waals surface area contributed by atoms with Gasteiger partial charge in [0.1, 0.15) is 5.76 Å². The summed E-state index contributed by atoms with van der Waals surface area (Å²) in [7, 11) is 0. The van der Waals surface area contributed by atoms with Crippen LogP contribution in [0.15, 0.2) is 10.6 Å². The van der Waals surface area contributed by atoms with Crippen LogP contribution in [0.3, 0.4) is 0 Å². The molecule has 25 heavy (non-hydrogen) atoms. The lowest BCUT2D eigenvalue weighted by Crippen LogP contribution is -2.49. The van der Waals surface area contributed by atoms with E-state index in [0.717, 1.165) is 26.1 Å². The lowest BCUT2D eigenvalue weighted by Gasteiger charge is -2.34. The third kappa shape index (κ3) is 4.19. The van der Waals surface area contributed by atoms with Crippen molar-refractivity contribution in [3.8, 4) is 0 Å². The van der Waals surface area contributed by atoms with Gasteiger partial charge in [0.2, 0.25) is 5.91 Å². The van der Waals surface area contributed by atoms with Gasteiger partial charge in [-0.1, -0.05) is 5.16 Å². The van der Waals surface area contributed by atoms with Crippen molar-refractivity contribution in [1.82, 2.24) is 20.7 Å². The molecular weight excluding hydrogens is 324 g/mol. The summed E-state index contributed by atoms with van der Waals surface area (Å²) >= 11 is 0. The van der Waals surface area contributed by atoms with Crippen LogP contribution in [0.4, 0.5) is 0 Å². The molecule has 0 radical (unpaired) electrons. The molecule has 8 heteroatoms. The van der Waals surface area contributed by atoms with Crippen molar-refractivity contribution in [2.45, 2.75) is 51.2 Å². The van der Waals surface area contributed by atoms with Gasteiger partial charge in [-0.3, -0.25) is 14.5 Å². The largest absolute Gasteiger partial charge is 0.381 e. The quantitative estimate of drug-likeness (QED) is 0.801. The second-order valence-electron chi connectivity index (χ2n) is 6.68. The minimum atomic E-state index is -0.259. The molecule has 1 aromatic heterocycles. The van der Waals surface area contributed by atoms with Crippen molar-refractivity contribution in [3.63, 3.8) is 0 Å². The van der Waals surface area contributed by atoms with Gasteiger partial charge in [-0.15, -0.1) is 0 Å². The Morgan fingerprint density at radius 3 is 2.76 bits per heavy atom. The lowest BCUT2D eigenvalue weighted by atomic mass is 10.1. The molecule has 2 saturated heterocycles. The Morgan fingerprint density at radius 1 is 1.36 bits per heavy atom. The van der Waals surface area contributed by atoms with Crippen LogP contribution in [0, 0.1) is 6.92 Å². The van der Waals surface area contributed by atoms with Crippen LogP contribution < -0.4 is 10.6 Å². The highest BCUT2D eigenvalue weighted by molar-refractivity contribution is 5.92. The van der Waals surface area contributed by atoms with E-state index in [-0.39, 0.29) is 29.6 Å². The Morgan fingerprint density at radius 2 is 2.12 bits per heavy atom. The molecule has 3 rings (SSSR count). The predicted molar refractivity (Wildman–Crippen MR) is 90.1 cm³/mol. The molecule has 2 N–H and O–H groups in total. The topological polar surface area (TPSA) is 96.7 Å². The highest BCUT2D eigenvalue weighted by Gasteiger charge is 2.41. The number of ether oxygens (including phenoxy) is 1. The molecule has 0 aromatic carbocycles. The Kier molecular flexibility index (Phi) is 5.70. The van der Waals surface area contributed by atoms with Crippen LogP contribution >= 0.6 is 0 Å². The molecule has 2 atom stereocenters. The summed E-state index contributed by atoms with van der Waals surface area (Å²) < 4.78 is 10.4. The fraction of sp³-hybridized carbons (Fsp3) is 0.706. The maximum Gasteiger partial charge on any atom is 0.273 e. The number of aryl methyl sites for hydroxylation is 1. The number of nitrogens with zero attached hydrogens (tertiary/aromatic N) is 2.